The van der Waals surface area contributed by atoms with Gasteiger partial charge in [0, 0.05) is 12.2 Å². The number of aromatic hydroxyl groups is 1. The maximum Gasteiger partial charge on any atom is 0.200 e. The summed E-state index contributed by atoms with van der Waals surface area (Å²) in [6.07, 6.45) is 0. The van der Waals surface area contributed by atoms with Crippen molar-refractivity contribution in [2.24, 2.45) is 0 Å². The van der Waals surface area contributed by atoms with Crippen LogP contribution < -0.4 is 14.8 Å². The van der Waals surface area contributed by atoms with Crippen LogP contribution in [0.1, 0.15) is 5.56 Å². The lowest BCUT2D eigenvalue weighted by Gasteiger charge is -2.12. The van der Waals surface area contributed by atoms with Crippen molar-refractivity contribution in [3.63, 3.8) is 0 Å². The third-order valence-electron chi connectivity index (χ3n) is 2.96. The predicted octanol–water partition coefficient (Wildman–Crippen LogP) is 4.33. The molecule has 2 aromatic rings. The summed E-state index contributed by atoms with van der Waals surface area (Å²) in [6, 6.07) is 8.79. The van der Waals surface area contributed by atoms with Crippen molar-refractivity contribution in [3.05, 3.63) is 45.9 Å². The van der Waals surface area contributed by atoms with Crippen molar-refractivity contribution in [2.45, 2.75) is 6.54 Å². The van der Waals surface area contributed by atoms with Crippen LogP contribution in [0.3, 0.4) is 0 Å². The second kappa shape index (κ2) is 6.78. The van der Waals surface area contributed by atoms with Crippen LogP contribution in [0.25, 0.3) is 0 Å². The van der Waals surface area contributed by atoms with Gasteiger partial charge in [-0.05, 0) is 35.9 Å². The van der Waals surface area contributed by atoms with Gasteiger partial charge in [0.15, 0.2) is 11.5 Å². The lowest BCUT2D eigenvalue weighted by molar-refractivity contribution is 0.339. The molecule has 4 nitrogen and oxygen atoms in total. The molecule has 21 heavy (non-hydrogen) atoms. The normalized spacial score (nSPS) is 10.3. The molecule has 0 fully saturated rings. The first kappa shape index (κ1) is 15.6. The monoisotopic (exact) mass is 327 g/mol. The molecule has 2 N–H and O–H groups in total. The van der Waals surface area contributed by atoms with E-state index in [-0.39, 0.29) is 5.75 Å². The number of hydrogen-bond donors (Lipinski definition) is 2. The summed E-state index contributed by atoms with van der Waals surface area (Å²) in [4.78, 5) is 0. The molecule has 0 amide bonds. The average molecular weight is 328 g/mol. The lowest BCUT2D eigenvalue weighted by Crippen LogP contribution is -2.01. The van der Waals surface area contributed by atoms with Crippen LogP contribution in [0.2, 0.25) is 10.0 Å². The first-order valence-corrected chi connectivity index (χ1v) is 6.93. The number of phenols is 1. The van der Waals surface area contributed by atoms with Gasteiger partial charge in [-0.2, -0.15) is 0 Å². The standard InChI is InChI=1S/C15H15Cl2NO3/c1-20-13-5-9(6-14(21-2)15(13)19)8-18-10-3-4-11(16)12(17)7-10/h3-7,18-19H,8H2,1-2H3. The maximum absolute atomic E-state index is 9.86. The first-order valence-electron chi connectivity index (χ1n) is 6.18. The molecule has 6 heteroatoms. The highest BCUT2D eigenvalue weighted by Gasteiger charge is 2.11. The van der Waals surface area contributed by atoms with E-state index in [2.05, 4.69) is 5.32 Å². The number of methoxy groups -OCH3 is 2. The molecule has 0 aliphatic carbocycles. The van der Waals surface area contributed by atoms with E-state index in [0.717, 1.165) is 11.3 Å². The van der Waals surface area contributed by atoms with Crippen molar-refractivity contribution < 1.29 is 14.6 Å². The summed E-state index contributed by atoms with van der Waals surface area (Å²) in [5.74, 6) is 0.707. The molecule has 0 atom stereocenters. The fourth-order valence-corrected chi connectivity index (χ4v) is 2.16. The minimum Gasteiger partial charge on any atom is -0.502 e. The molecule has 0 unspecified atom stereocenters. The zero-order valence-corrected chi connectivity index (χ0v) is 13.1. The van der Waals surface area contributed by atoms with Crippen molar-refractivity contribution in [1.29, 1.82) is 0 Å². The number of phenolic OH excluding ortho intramolecular Hbond substituents is 1. The maximum atomic E-state index is 9.86. The van der Waals surface area contributed by atoms with Gasteiger partial charge in [0.25, 0.3) is 0 Å². The summed E-state index contributed by atoms with van der Waals surface area (Å²) in [6.45, 7) is 0.519. The van der Waals surface area contributed by atoms with Crippen LogP contribution in [0.4, 0.5) is 5.69 Å². The molecule has 2 aromatic carbocycles. The van der Waals surface area contributed by atoms with Gasteiger partial charge in [-0.15, -0.1) is 0 Å². The summed E-state index contributed by atoms with van der Waals surface area (Å²) in [5, 5.41) is 14.1. The summed E-state index contributed by atoms with van der Waals surface area (Å²) in [7, 11) is 2.98. The Morgan fingerprint density at radius 3 is 2.14 bits per heavy atom. The number of benzene rings is 2. The smallest absolute Gasteiger partial charge is 0.200 e. The van der Waals surface area contributed by atoms with E-state index < -0.39 is 0 Å². The van der Waals surface area contributed by atoms with Crippen LogP contribution in [0, 0.1) is 0 Å². The summed E-state index contributed by atoms with van der Waals surface area (Å²) >= 11 is 11.8. The third-order valence-corrected chi connectivity index (χ3v) is 3.69. The molecule has 0 bridgehead atoms. The molecule has 0 saturated heterocycles. The van der Waals surface area contributed by atoms with E-state index in [9.17, 15) is 5.11 Å². The zero-order chi connectivity index (χ0) is 15.4. The van der Waals surface area contributed by atoms with Crippen molar-refractivity contribution in [2.75, 3.05) is 19.5 Å². The molecule has 2 rings (SSSR count). The van der Waals surface area contributed by atoms with Crippen LogP contribution in [0.5, 0.6) is 17.2 Å². The molecule has 0 spiro atoms. The van der Waals surface area contributed by atoms with E-state index in [1.54, 1.807) is 24.3 Å². The Hall–Kier alpha value is -1.78. The Morgan fingerprint density at radius 2 is 1.62 bits per heavy atom. The zero-order valence-electron chi connectivity index (χ0n) is 11.6. The van der Waals surface area contributed by atoms with Gasteiger partial charge < -0.3 is 19.9 Å². The van der Waals surface area contributed by atoms with Crippen LogP contribution in [-0.4, -0.2) is 19.3 Å². The fourth-order valence-electron chi connectivity index (χ4n) is 1.86. The third kappa shape index (κ3) is 3.65. The second-order valence-corrected chi connectivity index (χ2v) is 5.15. The van der Waals surface area contributed by atoms with Gasteiger partial charge in [0.05, 0.1) is 24.3 Å². The topological polar surface area (TPSA) is 50.7 Å². The van der Waals surface area contributed by atoms with Crippen molar-refractivity contribution >= 4 is 28.9 Å². The molecule has 0 radical (unpaired) electrons. The highest BCUT2D eigenvalue weighted by atomic mass is 35.5. The Labute approximate surface area is 133 Å². The number of hydrogen-bond acceptors (Lipinski definition) is 4. The predicted molar refractivity (Wildman–Crippen MR) is 85.0 cm³/mol. The lowest BCUT2D eigenvalue weighted by atomic mass is 10.1. The quantitative estimate of drug-likeness (QED) is 0.858. The van der Waals surface area contributed by atoms with Crippen molar-refractivity contribution in [3.8, 4) is 17.2 Å². The Balaban J connectivity index is 2.17. The van der Waals surface area contributed by atoms with Gasteiger partial charge >= 0.3 is 0 Å². The van der Waals surface area contributed by atoms with E-state index in [1.807, 2.05) is 6.07 Å². The minimum absolute atomic E-state index is 0.0155. The number of nitrogens with one attached hydrogen (secondary N) is 1. The van der Waals surface area contributed by atoms with Gasteiger partial charge in [0.1, 0.15) is 0 Å². The minimum atomic E-state index is -0.0155. The molecule has 0 aliphatic heterocycles. The highest BCUT2D eigenvalue weighted by Crippen LogP contribution is 2.37. The Kier molecular flexibility index (Phi) is 5.04. The largest absolute Gasteiger partial charge is 0.502 e. The molecule has 0 aromatic heterocycles. The molecule has 0 heterocycles. The number of anilines is 1. The van der Waals surface area contributed by atoms with Gasteiger partial charge in [-0.3, -0.25) is 0 Å². The Morgan fingerprint density at radius 1 is 1.00 bits per heavy atom. The summed E-state index contributed by atoms with van der Waals surface area (Å²) in [5.41, 5.74) is 1.74. The van der Waals surface area contributed by atoms with E-state index in [1.165, 1.54) is 14.2 Å². The second-order valence-electron chi connectivity index (χ2n) is 4.33. The van der Waals surface area contributed by atoms with Crippen molar-refractivity contribution in [1.82, 2.24) is 0 Å². The molecular weight excluding hydrogens is 313 g/mol. The van der Waals surface area contributed by atoms with Gasteiger partial charge in [-0.25, -0.2) is 0 Å². The fraction of sp³-hybridized carbons (Fsp3) is 0.200. The van der Waals surface area contributed by atoms with Crippen LogP contribution >= 0.6 is 23.2 Å². The molecular formula is C15H15Cl2NO3. The summed E-state index contributed by atoms with van der Waals surface area (Å²) < 4.78 is 10.2. The molecule has 112 valence electrons. The first-order chi connectivity index (χ1) is 10.0. The number of ether oxygens (including phenoxy) is 2. The average Bonchev–Trinajstić information content (AvgIpc) is 2.49. The number of halogens is 2. The van der Waals surface area contributed by atoms with Crippen LogP contribution in [-0.2, 0) is 6.54 Å². The molecule has 0 saturated carbocycles. The SMILES string of the molecule is COc1cc(CNc2ccc(Cl)c(Cl)c2)cc(OC)c1O. The number of rotatable bonds is 5. The van der Waals surface area contributed by atoms with E-state index >= 15 is 0 Å². The van der Waals surface area contributed by atoms with E-state index in [4.69, 9.17) is 32.7 Å². The van der Waals surface area contributed by atoms with E-state index in [0.29, 0.717) is 28.1 Å². The van der Waals surface area contributed by atoms with Crippen LogP contribution in [0.15, 0.2) is 30.3 Å². The molecule has 0 aliphatic rings. The highest BCUT2D eigenvalue weighted by molar-refractivity contribution is 6.42. The Bertz CT molecular complexity index is 622. The van der Waals surface area contributed by atoms with Gasteiger partial charge in [-0.1, -0.05) is 23.2 Å². The van der Waals surface area contributed by atoms with Gasteiger partial charge in [0.2, 0.25) is 5.75 Å².